The van der Waals surface area contributed by atoms with E-state index in [9.17, 15) is 9.59 Å². The van der Waals surface area contributed by atoms with E-state index in [2.05, 4.69) is 22.9 Å². The summed E-state index contributed by atoms with van der Waals surface area (Å²) < 4.78 is 12.3. The molecule has 43 heavy (non-hydrogen) atoms. The van der Waals surface area contributed by atoms with E-state index in [0.717, 1.165) is 39.0 Å². The fourth-order valence-electron chi connectivity index (χ4n) is 5.03. The maximum atomic E-state index is 13.9. The molecule has 1 aliphatic rings. The van der Waals surface area contributed by atoms with Crippen LogP contribution in [-0.2, 0) is 22.6 Å². The molecule has 214 valence electrons. The van der Waals surface area contributed by atoms with Gasteiger partial charge in [-0.3, -0.25) is 9.69 Å². The van der Waals surface area contributed by atoms with Crippen molar-refractivity contribution in [2.24, 2.45) is 4.99 Å². The number of fused-ring (bicyclic) bond motifs is 1. The number of nitrogens with zero attached hydrogens (tertiary/aromatic N) is 3. The second kappa shape index (κ2) is 12.4. The van der Waals surface area contributed by atoms with E-state index in [1.54, 1.807) is 18.1 Å². The van der Waals surface area contributed by atoms with Gasteiger partial charge in [0.05, 0.1) is 36.9 Å². The monoisotopic (exact) mass is 587 g/mol. The van der Waals surface area contributed by atoms with Gasteiger partial charge in [0.2, 0.25) is 0 Å². The Hall–Kier alpha value is -5.08. The van der Waals surface area contributed by atoms with Gasteiger partial charge in [-0.2, -0.15) is 0 Å². The van der Waals surface area contributed by atoms with Gasteiger partial charge in [-0.25, -0.2) is 9.79 Å². The molecule has 0 N–H and O–H groups in total. The zero-order chi connectivity index (χ0) is 29.8. The van der Waals surface area contributed by atoms with Crippen LogP contribution < -0.4 is 4.74 Å². The molecular weight excluding hydrogens is 558 g/mol. The third-order valence-electron chi connectivity index (χ3n) is 7.18. The minimum atomic E-state index is -0.367. The molecule has 8 heteroatoms. The van der Waals surface area contributed by atoms with Crippen LogP contribution >= 0.6 is 11.8 Å². The number of rotatable bonds is 8. The fourth-order valence-corrected chi connectivity index (χ4v) is 6.02. The summed E-state index contributed by atoms with van der Waals surface area (Å²) in [7, 11) is 3.01. The zero-order valence-corrected chi connectivity index (χ0v) is 24.6. The molecule has 1 amide bonds. The van der Waals surface area contributed by atoms with Crippen LogP contribution in [-0.4, -0.2) is 40.7 Å². The molecule has 1 saturated heterocycles. The summed E-state index contributed by atoms with van der Waals surface area (Å²) in [6.45, 7) is 0.942. The third-order valence-corrected chi connectivity index (χ3v) is 8.18. The van der Waals surface area contributed by atoms with Gasteiger partial charge in [-0.05, 0) is 71.4 Å². The van der Waals surface area contributed by atoms with Crippen LogP contribution in [0.25, 0.3) is 17.0 Å². The minimum Gasteiger partial charge on any atom is -0.497 e. The molecule has 0 saturated carbocycles. The molecule has 0 aliphatic carbocycles. The summed E-state index contributed by atoms with van der Waals surface area (Å²) in [6.07, 6.45) is 4.00. The number of carbonyl (C=O) groups is 2. The molecule has 1 fully saturated rings. The van der Waals surface area contributed by atoms with Crippen molar-refractivity contribution in [3.63, 3.8) is 0 Å². The van der Waals surface area contributed by atoms with Crippen LogP contribution in [0.15, 0.2) is 119 Å². The molecule has 0 atom stereocenters. The van der Waals surface area contributed by atoms with Gasteiger partial charge in [-0.1, -0.05) is 60.7 Å². The second-order valence-corrected chi connectivity index (χ2v) is 11.0. The van der Waals surface area contributed by atoms with E-state index in [0.29, 0.717) is 28.7 Å². The van der Waals surface area contributed by atoms with Gasteiger partial charge in [0.1, 0.15) is 5.75 Å². The zero-order valence-electron chi connectivity index (χ0n) is 23.8. The van der Waals surface area contributed by atoms with Crippen molar-refractivity contribution in [1.29, 1.82) is 0 Å². The first-order chi connectivity index (χ1) is 21.0. The first kappa shape index (κ1) is 28.1. The summed E-state index contributed by atoms with van der Waals surface area (Å²) in [5, 5.41) is 1.66. The quantitative estimate of drug-likeness (QED) is 0.141. The Morgan fingerprint density at radius 2 is 1.63 bits per heavy atom. The summed E-state index contributed by atoms with van der Waals surface area (Å²) >= 11 is 1.38. The first-order valence-corrected chi connectivity index (χ1v) is 14.6. The largest absolute Gasteiger partial charge is 0.497 e. The van der Waals surface area contributed by atoms with Gasteiger partial charge >= 0.3 is 5.97 Å². The lowest BCUT2D eigenvalue weighted by Gasteiger charge is -2.16. The number of amidine groups is 1. The predicted octanol–water partition coefficient (Wildman–Crippen LogP) is 7.29. The van der Waals surface area contributed by atoms with E-state index in [-0.39, 0.29) is 11.9 Å². The highest BCUT2D eigenvalue weighted by molar-refractivity contribution is 8.18. The number of para-hydroxylation sites is 2. The number of aromatic nitrogens is 1. The number of hydrogen-bond donors (Lipinski definition) is 0. The van der Waals surface area contributed by atoms with Gasteiger partial charge in [0, 0.05) is 29.2 Å². The third kappa shape index (κ3) is 6.10. The SMILES string of the molecule is COC(=O)c1cccc(Cn2cc(/C=C3\SC(=Nc4ccccc4)N(Cc4ccc(OC)cc4)C3=O)c3ccccc32)c1. The van der Waals surface area contributed by atoms with E-state index in [1.807, 2.05) is 91.0 Å². The summed E-state index contributed by atoms with van der Waals surface area (Å²) in [4.78, 5) is 33.1. The number of ether oxygens (including phenoxy) is 2. The molecule has 0 spiro atoms. The van der Waals surface area contributed by atoms with E-state index >= 15 is 0 Å². The number of carbonyl (C=O) groups excluding carboxylic acids is 2. The van der Waals surface area contributed by atoms with Crippen molar-refractivity contribution < 1.29 is 19.1 Å². The van der Waals surface area contributed by atoms with Crippen molar-refractivity contribution in [2.75, 3.05) is 14.2 Å². The van der Waals surface area contributed by atoms with Crippen molar-refractivity contribution in [1.82, 2.24) is 9.47 Å². The second-order valence-electron chi connectivity index (χ2n) is 10.0. The van der Waals surface area contributed by atoms with Crippen molar-refractivity contribution in [3.8, 4) is 5.75 Å². The lowest BCUT2D eigenvalue weighted by Crippen LogP contribution is -2.28. The Bertz CT molecular complexity index is 1860. The van der Waals surface area contributed by atoms with Gasteiger partial charge in [0.25, 0.3) is 5.91 Å². The van der Waals surface area contributed by atoms with E-state index in [1.165, 1.54) is 18.9 Å². The number of esters is 1. The van der Waals surface area contributed by atoms with Crippen molar-refractivity contribution in [2.45, 2.75) is 13.1 Å². The summed E-state index contributed by atoms with van der Waals surface area (Å²) in [5.74, 6) is 0.296. The molecule has 5 aromatic rings. The highest BCUT2D eigenvalue weighted by Gasteiger charge is 2.34. The Morgan fingerprint density at radius 3 is 2.40 bits per heavy atom. The van der Waals surface area contributed by atoms with E-state index in [4.69, 9.17) is 14.5 Å². The summed E-state index contributed by atoms with van der Waals surface area (Å²) in [6, 6.07) is 32.9. The number of amides is 1. The molecule has 4 aromatic carbocycles. The fraction of sp³-hybridized carbons (Fsp3) is 0.114. The Labute approximate surface area is 254 Å². The highest BCUT2D eigenvalue weighted by Crippen LogP contribution is 2.37. The Morgan fingerprint density at radius 1 is 0.860 bits per heavy atom. The Balaban J connectivity index is 1.35. The lowest BCUT2D eigenvalue weighted by molar-refractivity contribution is -0.122. The molecule has 2 heterocycles. The van der Waals surface area contributed by atoms with Crippen molar-refractivity contribution in [3.05, 3.63) is 136 Å². The number of methoxy groups -OCH3 is 2. The number of thioether (sulfide) groups is 1. The van der Waals surface area contributed by atoms with E-state index < -0.39 is 0 Å². The smallest absolute Gasteiger partial charge is 0.337 e. The standard InChI is InChI=1S/C35H29N3O4S/c1-41-29-17-15-24(16-18-29)22-38-33(39)32(43-35(38)36-28-11-4-3-5-12-28)20-27-23-37(31-14-7-6-13-30(27)31)21-25-9-8-10-26(19-25)34(40)42-2/h3-20,23H,21-22H2,1-2H3/b32-20-,36-35?. The molecule has 7 nitrogen and oxygen atoms in total. The molecular formula is C35H29N3O4S. The van der Waals surface area contributed by atoms with Crippen LogP contribution in [0.3, 0.4) is 0 Å². The molecule has 1 aromatic heterocycles. The minimum absolute atomic E-state index is 0.0990. The van der Waals surface area contributed by atoms with Gasteiger partial charge in [-0.15, -0.1) is 0 Å². The molecule has 0 radical (unpaired) electrons. The Kier molecular flexibility index (Phi) is 8.11. The molecule has 0 bridgehead atoms. The van der Waals surface area contributed by atoms with Crippen LogP contribution in [0.2, 0.25) is 0 Å². The highest BCUT2D eigenvalue weighted by atomic mass is 32.2. The van der Waals surface area contributed by atoms with Crippen LogP contribution in [0.5, 0.6) is 5.75 Å². The van der Waals surface area contributed by atoms with Gasteiger partial charge in [0.15, 0.2) is 5.17 Å². The average Bonchev–Trinajstić information content (AvgIpc) is 3.53. The number of hydrogen-bond acceptors (Lipinski definition) is 6. The van der Waals surface area contributed by atoms with Crippen LogP contribution in [0, 0.1) is 0 Å². The van der Waals surface area contributed by atoms with Crippen LogP contribution in [0.1, 0.15) is 27.0 Å². The molecule has 1 aliphatic heterocycles. The average molecular weight is 588 g/mol. The first-order valence-electron chi connectivity index (χ1n) is 13.8. The summed E-state index contributed by atoms with van der Waals surface area (Å²) in [5.41, 5.74) is 5.20. The van der Waals surface area contributed by atoms with Crippen LogP contribution in [0.4, 0.5) is 5.69 Å². The number of aliphatic imine (C=N–C) groups is 1. The normalized spacial score (nSPS) is 15.0. The number of benzene rings is 4. The predicted molar refractivity (Wildman–Crippen MR) is 171 cm³/mol. The molecule has 0 unspecified atom stereocenters. The molecule has 6 rings (SSSR count). The van der Waals surface area contributed by atoms with Gasteiger partial charge < -0.3 is 14.0 Å². The lowest BCUT2D eigenvalue weighted by atomic mass is 10.1. The maximum Gasteiger partial charge on any atom is 0.337 e. The topological polar surface area (TPSA) is 73.1 Å². The maximum absolute atomic E-state index is 13.9. The van der Waals surface area contributed by atoms with Crippen molar-refractivity contribution >= 4 is 51.5 Å².